The summed E-state index contributed by atoms with van der Waals surface area (Å²) >= 11 is 0. The van der Waals surface area contributed by atoms with Crippen LogP contribution in [-0.2, 0) is 142 Å². The third-order valence-corrected chi connectivity index (χ3v) is 25.6. The molecule has 0 aromatic carbocycles. The van der Waals surface area contributed by atoms with Crippen LogP contribution in [0.25, 0.3) is 0 Å². The van der Waals surface area contributed by atoms with Gasteiger partial charge in [0.2, 0.25) is 35.4 Å². The fraction of sp³-hybridized carbons (Fsp3) is 0.861. The highest BCUT2D eigenvalue weighted by molar-refractivity contribution is 7.44. The van der Waals surface area contributed by atoms with Crippen LogP contribution in [0.4, 0.5) is 0 Å². The van der Waals surface area contributed by atoms with Crippen LogP contribution in [0.15, 0.2) is 0 Å². The van der Waals surface area contributed by atoms with Gasteiger partial charge in [-0.2, -0.15) is 5.26 Å². The highest BCUT2D eigenvalue weighted by Crippen LogP contribution is 2.46. The average molecular weight is 2130 g/mol. The number of nitrogens with one attached hydrogen (secondary N) is 6. The lowest BCUT2D eigenvalue weighted by atomic mass is 9.88. The molecule has 0 aliphatic carbocycles. The zero-order valence-corrected chi connectivity index (χ0v) is 91.7. The van der Waals surface area contributed by atoms with Gasteiger partial charge in [0.15, 0.2) is 25.2 Å². The van der Waals surface area contributed by atoms with Crippen molar-refractivity contribution in [2.75, 3.05) is 112 Å². The Kier molecular flexibility index (Phi) is 81.3. The smallest absolute Gasteiger partial charge is 0.303 e. The second kappa shape index (κ2) is 85.8. The molecule has 4 heterocycles. The molecule has 0 saturated carbocycles. The Balaban J connectivity index is 0.00000194. The molecule has 46 heteroatoms. The Morgan fingerprint density at radius 3 is 1.05 bits per heavy atom. The van der Waals surface area contributed by atoms with Crippen LogP contribution in [0, 0.1) is 35.0 Å². The van der Waals surface area contributed by atoms with Crippen LogP contribution in [0.3, 0.4) is 0 Å². The molecule has 21 atom stereocenters. The molecule has 0 radical (unpaired) electrons. The van der Waals surface area contributed by atoms with Gasteiger partial charge >= 0.3 is 41.8 Å². The van der Waals surface area contributed by atoms with Crippen molar-refractivity contribution in [2.24, 2.45) is 29.4 Å². The number of unbranched alkanes of at least 4 members (excludes halogenated alkanes) is 17. The molecule has 0 bridgehead atoms. The molecule has 4 fully saturated rings. The summed E-state index contributed by atoms with van der Waals surface area (Å²) in [5, 5.41) is 80.5. The van der Waals surface area contributed by atoms with Crippen LogP contribution in [0.2, 0.25) is 0 Å². The second-order valence-electron chi connectivity index (χ2n) is 37.4. The number of nitrogens with two attached hydrogens (primary N) is 1. The molecule has 18 unspecified atom stereocenters. The number of esters is 6. The van der Waals surface area contributed by atoms with E-state index in [4.69, 9.17) is 112 Å². The van der Waals surface area contributed by atoms with Crippen molar-refractivity contribution in [1.82, 2.24) is 36.6 Å². The van der Waals surface area contributed by atoms with Crippen molar-refractivity contribution in [3.63, 3.8) is 0 Å². The van der Waals surface area contributed by atoms with E-state index in [1.807, 2.05) is 20.8 Å². The van der Waals surface area contributed by atoms with Crippen molar-refractivity contribution in [3.05, 3.63) is 0 Å². The minimum absolute atomic E-state index is 0.0202. The summed E-state index contributed by atoms with van der Waals surface area (Å²) in [6, 6.07) is 0.928. The summed E-state index contributed by atoms with van der Waals surface area (Å²) in [6.07, 6.45) is 12.4. The largest absolute Gasteiger partial charge is 0.481 e. The fourth-order valence-electron chi connectivity index (χ4n) is 16.0. The van der Waals surface area contributed by atoms with Gasteiger partial charge in [-0.25, -0.2) is 4.67 Å². The Morgan fingerprint density at radius 2 is 0.721 bits per heavy atom. The standard InChI is InChI=1S/C34H61N4O10P.C25H44N2O9.C19H31NO9.C17H33NO7.C6H15NO/c1-24(2)38(25(3)4)49(46-22-16-18-35)45-21-15-10-9-13-19-36-31(42)17-12-11-14-20-43-34-32(37-27(6)39)26(5)33(47-29(8)41)30(48-34)23-44-28(7)40;1-17-23(27-18(2)29)25(36-21(16-34-19(3)30)24(17)35-20(4)31)33-15-11-7-8-12-22(32)26-13-9-5-6-10-14-28;1-11-17(20-12(2)21)19(26-9-7-5-6-8-16(24)25)29-15(10-27-13(3)22)18(11)28-14(4)23;1-3-8-23-11-18-14(20)7-5-4-6-9-24-17-12(2)15(21)16(22)13(10-19)25-17;7-5-3-1-2-4-6-8/h24-26,30,32-34H,9-17,19-23H2,1-8H3,(H,36,42)(H,37,39);17,21,23-25,28H,5-16H2,1-4H3,(H,26,32)(H,27,29);11,15,17-19H,5-10H2,1-4H3,(H,20,21)(H,24,25);12-13,15-17,19,21-22H,3-11H2,1-2H3,(H,18,20);8H,1-7H2/t;;;12?,13?,15-,16+,17-;/m...1./s1. The van der Waals surface area contributed by atoms with E-state index in [-0.39, 0.29) is 117 Å². The first-order valence-electron chi connectivity index (χ1n) is 52.5. The van der Waals surface area contributed by atoms with E-state index in [1.165, 1.54) is 62.3 Å². The van der Waals surface area contributed by atoms with E-state index in [0.717, 1.165) is 129 Å². The van der Waals surface area contributed by atoms with Gasteiger partial charge in [-0.1, -0.05) is 98.8 Å². The van der Waals surface area contributed by atoms with Crippen LogP contribution in [0.5, 0.6) is 0 Å². The SMILES string of the molecule is CC(=O)NC1C(OCCCCCC(=O)NCCCCCCO)OC(COC(C)=O)C(OC(C)=O)C1C.CC(=O)NC1C(OCCCCCC(=O)NCCCCCCOP(OCCC#N)N(C(C)C)C(C)C)OC(COC(C)=O)C(OC(C)=O)C1C.CC(=O)NC1C(OCCCCCC(=O)O)OC(COC(C)=O)C(OC(C)=O)C1C.CCCOCNC(=O)CCCCCO[C@@H]1OC(CO)[C@H](O)[C@H](O)C1C.NCCCCCCO. The number of aliphatic carboxylic acids is 1. The van der Waals surface area contributed by atoms with Gasteiger partial charge in [0.25, 0.3) is 8.53 Å². The lowest BCUT2D eigenvalue weighted by Gasteiger charge is -2.44. The Morgan fingerprint density at radius 1 is 0.395 bits per heavy atom. The van der Waals surface area contributed by atoms with E-state index in [2.05, 4.69) is 70.3 Å². The number of hydrogen-bond donors (Lipinski definition) is 13. The van der Waals surface area contributed by atoms with E-state index in [9.17, 15) is 72.5 Å². The number of nitrogens with zero attached hydrogens (tertiary/aromatic N) is 2. The van der Waals surface area contributed by atoms with E-state index in [1.54, 1.807) is 13.8 Å². The number of hydrogen-bond acceptors (Lipinski definition) is 38. The lowest BCUT2D eigenvalue weighted by Crippen LogP contribution is -2.62. The monoisotopic (exact) mass is 2130 g/mol. The summed E-state index contributed by atoms with van der Waals surface area (Å²) in [4.78, 5) is 151. The number of amides is 6. The summed E-state index contributed by atoms with van der Waals surface area (Å²) in [5.74, 6) is -6.15. The van der Waals surface area contributed by atoms with Gasteiger partial charge in [0.1, 0.15) is 75.4 Å². The van der Waals surface area contributed by atoms with Gasteiger partial charge in [0.05, 0.1) is 56.5 Å². The predicted molar refractivity (Wildman–Crippen MR) is 540 cm³/mol. The first-order valence-corrected chi connectivity index (χ1v) is 53.6. The Bertz CT molecular complexity index is 3620. The molecule has 4 aliphatic rings. The topological polar surface area (TPSA) is 625 Å². The second-order valence-corrected chi connectivity index (χ2v) is 38.9. The van der Waals surface area contributed by atoms with Gasteiger partial charge in [-0.05, 0) is 131 Å². The molecule has 14 N–H and O–H groups in total. The van der Waals surface area contributed by atoms with Crippen molar-refractivity contribution >= 4 is 85.8 Å². The summed E-state index contributed by atoms with van der Waals surface area (Å²) in [6.45, 7) is 34.6. The maximum absolute atomic E-state index is 12.3. The van der Waals surface area contributed by atoms with Crippen molar-refractivity contribution in [3.8, 4) is 6.07 Å². The first-order chi connectivity index (χ1) is 70.0. The number of carbonyl (C=O) groups excluding carboxylic acids is 12. The molecule has 45 nitrogen and oxygen atoms in total. The van der Waals surface area contributed by atoms with E-state index < -0.39 is 149 Å². The minimum atomic E-state index is -1.22. The number of ether oxygens (including phenoxy) is 15. The van der Waals surface area contributed by atoms with Crippen molar-refractivity contribution in [2.45, 2.75) is 428 Å². The third-order valence-electron chi connectivity index (χ3n) is 23.5. The number of carboxylic acids is 1. The highest BCUT2D eigenvalue weighted by atomic mass is 31.2. The Labute approximate surface area is 872 Å². The molecule has 0 spiro atoms. The fourth-order valence-corrected chi connectivity index (χ4v) is 17.6. The number of rotatable bonds is 70. The number of carbonyl (C=O) groups is 13. The average Bonchev–Trinajstić information content (AvgIpc) is 0.788. The van der Waals surface area contributed by atoms with Crippen molar-refractivity contribution < 1.29 is 173 Å². The molecule has 147 heavy (non-hydrogen) atoms. The van der Waals surface area contributed by atoms with Gasteiger partial charge in [-0.15, -0.1) is 0 Å². The maximum Gasteiger partial charge on any atom is 0.303 e. The molecule has 4 aliphatic heterocycles. The number of aliphatic hydroxyl groups excluding tert-OH is 5. The molecule has 0 aromatic heterocycles. The number of carboxylic acid groups (broad SMARTS) is 1. The molecular formula is C101H184N9O36P. The predicted octanol–water partition coefficient (Wildman–Crippen LogP) is 8.13. The molecular weight excluding hydrogens is 1950 g/mol. The molecule has 0 aromatic rings. The highest BCUT2D eigenvalue weighted by Gasteiger charge is 2.51. The number of nitriles is 1. The summed E-state index contributed by atoms with van der Waals surface area (Å²) in [7, 11) is -1.22. The van der Waals surface area contributed by atoms with Crippen LogP contribution < -0.4 is 37.6 Å². The van der Waals surface area contributed by atoms with Gasteiger partial charge in [0, 0.05) is 183 Å². The maximum atomic E-state index is 12.3. The molecule has 6 amide bonds. The lowest BCUT2D eigenvalue weighted by molar-refractivity contribution is -0.282. The quantitative estimate of drug-likeness (QED) is 0.00898. The van der Waals surface area contributed by atoms with Crippen LogP contribution >= 0.6 is 8.53 Å². The van der Waals surface area contributed by atoms with E-state index in [0.29, 0.717) is 130 Å². The molecule has 4 rings (SSSR count). The zero-order valence-electron chi connectivity index (χ0n) is 90.8. The number of aliphatic hydroxyl groups is 5. The van der Waals surface area contributed by atoms with Crippen LogP contribution in [0.1, 0.15) is 317 Å². The van der Waals surface area contributed by atoms with Gasteiger partial charge < -0.3 is 148 Å². The molecule has 4 saturated heterocycles. The summed E-state index contributed by atoms with van der Waals surface area (Å²) < 4.78 is 97.7. The third kappa shape index (κ3) is 66.7. The minimum Gasteiger partial charge on any atom is -0.481 e. The summed E-state index contributed by atoms with van der Waals surface area (Å²) in [5.41, 5.74) is 5.25. The van der Waals surface area contributed by atoms with Crippen LogP contribution in [-0.4, -0.2) is 335 Å². The normalized spacial score (nSPS) is 23.6. The zero-order chi connectivity index (χ0) is 111. The van der Waals surface area contributed by atoms with E-state index >= 15 is 0 Å². The first kappa shape index (κ1) is 139. The molecule has 854 valence electrons. The Hall–Kier alpha value is -7.69. The van der Waals surface area contributed by atoms with Gasteiger partial charge in [-0.3, -0.25) is 62.3 Å². The van der Waals surface area contributed by atoms with Crippen molar-refractivity contribution in [1.29, 1.82) is 5.26 Å².